The minimum absolute atomic E-state index is 0.192. The van der Waals surface area contributed by atoms with E-state index in [0.717, 1.165) is 11.1 Å². The molecule has 182 valence electrons. The highest BCUT2D eigenvalue weighted by atomic mass is 35.5. The van der Waals surface area contributed by atoms with Crippen molar-refractivity contribution in [3.8, 4) is 11.1 Å². The number of carbonyl (C=O) groups is 2. The summed E-state index contributed by atoms with van der Waals surface area (Å²) < 4.78 is 33.6. The molecule has 0 fully saturated rings. The van der Waals surface area contributed by atoms with Gasteiger partial charge in [-0.1, -0.05) is 71.7 Å². The Morgan fingerprint density at radius 2 is 1.66 bits per heavy atom. The summed E-state index contributed by atoms with van der Waals surface area (Å²) in [5.41, 5.74) is 3.21. The van der Waals surface area contributed by atoms with Gasteiger partial charge in [-0.15, -0.1) is 0 Å². The molecule has 1 aliphatic heterocycles. The van der Waals surface area contributed by atoms with Crippen LogP contribution in [0.3, 0.4) is 0 Å². The third kappa shape index (κ3) is 5.29. The average Bonchev–Trinajstić information content (AvgIpc) is 2.84. The first-order chi connectivity index (χ1) is 16.7. The number of halogens is 2. The molecule has 1 aliphatic rings. The Hall–Kier alpha value is -3.07. The summed E-state index contributed by atoms with van der Waals surface area (Å²) >= 11 is 12.1. The van der Waals surface area contributed by atoms with Crippen LogP contribution in [0.1, 0.15) is 23.6 Å². The van der Waals surface area contributed by atoms with Gasteiger partial charge in [-0.2, -0.15) is 0 Å². The molecule has 1 amide bonds. The summed E-state index contributed by atoms with van der Waals surface area (Å²) in [5.74, 6) is -1.43. The van der Waals surface area contributed by atoms with E-state index in [1.165, 1.54) is 17.5 Å². The second-order valence-electron chi connectivity index (χ2n) is 7.98. The van der Waals surface area contributed by atoms with Crippen LogP contribution in [0.2, 0.25) is 10.0 Å². The Bertz CT molecular complexity index is 1390. The maximum absolute atomic E-state index is 13.9. The molecule has 0 spiro atoms. The van der Waals surface area contributed by atoms with Crippen molar-refractivity contribution in [1.29, 1.82) is 0 Å². The van der Waals surface area contributed by atoms with E-state index < -0.39 is 27.9 Å². The topological polar surface area (TPSA) is 92.8 Å². The fourth-order valence-corrected chi connectivity index (χ4v) is 6.25. The van der Waals surface area contributed by atoms with E-state index in [2.05, 4.69) is 10.1 Å². The fourth-order valence-electron chi connectivity index (χ4n) is 4.16. The minimum Gasteiger partial charge on any atom is -0.468 e. The van der Waals surface area contributed by atoms with Crippen LogP contribution in [0.4, 0.5) is 5.69 Å². The van der Waals surface area contributed by atoms with Crippen LogP contribution < -0.4 is 9.62 Å². The normalized spacial score (nSPS) is 14.6. The number of hydrogen-bond acceptors (Lipinski definition) is 5. The molecule has 0 radical (unpaired) electrons. The van der Waals surface area contributed by atoms with E-state index in [-0.39, 0.29) is 23.7 Å². The van der Waals surface area contributed by atoms with Gasteiger partial charge in [0.05, 0.1) is 41.1 Å². The number of hydrogen-bond donors (Lipinski definition) is 1. The molecule has 1 N–H and O–H groups in total. The molecule has 0 aromatic heterocycles. The number of esters is 1. The van der Waals surface area contributed by atoms with Gasteiger partial charge in [0.25, 0.3) is 0 Å². The largest absolute Gasteiger partial charge is 0.468 e. The van der Waals surface area contributed by atoms with Crippen LogP contribution >= 0.6 is 23.2 Å². The SMILES string of the molecule is COC(=O)CNC(=O)CC1c2ccccc2-c2ccccc2N1S(=O)(=O)Cc1ccc(Cl)c(Cl)c1. The summed E-state index contributed by atoms with van der Waals surface area (Å²) in [5, 5.41) is 3.08. The lowest BCUT2D eigenvalue weighted by Gasteiger charge is -2.39. The molecule has 1 atom stereocenters. The molecule has 1 unspecified atom stereocenters. The molecule has 3 aromatic carbocycles. The highest BCUT2D eigenvalue weighted by molar-refractivity contribution is 7.92. The van der Waals surface area contributed by atoms with Crippen molar-refractivity contribution in [2.45, 2.75) is 18.2 Å². The predicted octanol–water partition coefficient (Wildman–Crippen LogP) is 4.73. The number of para-hydroxylation sites is 1. The van der Waals surface area contributed by atoms with Gasteiger partial charge in [-0.25, -0.2) is 8.42 Å². The molecule has 0 saturated heterocycles. The van der Waals surface area contributed by atoms with Crippen LogP contribution in [0.25, 0.3) is 11.1 Å². The maximum atomic E-state index is 13.9. The van der Waals surface area contributed by atoms with Gasteiger partial charge >= 0.3 is 5.97 Å². The first kappa shape index (κ1) is 25.0. The van der Waals surface area contributed by atoms with Crippen molar-refractivity contribution in [2.75, 3.05) is 18.0 Å². The summed E-state index contributed by atoms with van der Waals surface area (Å²) in [6.07, 6.45) is -0.192. The molecule has 35 heavy (non-hydrogen) atoms. The van der Waals surface area contributed by atoms with E-state index in [9.17, 15) is 18.0 Å². The molecule has 7 nitrogen and oxygen atoms in total. The number of nitrogens with zero attached hydrogens (tertiary/aromatic N) is 1. The maximum Gasteiger partial charge on any atom is 0.325 e. The van der Waals surface area contributed by atoms with Crippen LogP contribution in [-0.2, 0) is 30.1 Å². The van der Waals surface area contributed by atoms with Crippen LogP contribution in [0.15, 0.2) is 66.7 Å². The van der Waals surface area contributed by atoms with Crippen molar-refractivity contribution in [3.63, 3.8) is 0 Å². The zero-order chi connectivity index (χ0) is 25.2. The Labute approximate surface area is 213 Å². The molecule has 0 saturated carbocycles. The first-order valence-electron chi connectivity index (χ1n) is 10.7. The zero-order valence-electron chi connectivity index (χ0n) is 18.7. The molecule has 0 aliphatic carbocycles. The van der Waals surface area contributed by atoms with E-state index in [4.69, 9.17) is 23.2 Å². The van der Waals surface area contributed by atoms with E-state index >= 15 is 0 Å². The monoisotopic (exact) mass is 532 g/mol. The number of benzene rings is 3. The van der Waals surface area contributed by atoms with E-state index in [0.29, 0.717) is 21.8 Å². The van der Waals surface area contributed by atoms with Gasteiger partial charge < -0.3 is 10.1 Å². The number of nitrogens with one attached hydrogen (secondary N) is 1. The smallest absolute Gasteiger partial charge is 0.325 e. The zero-order valence-corrected chi connectivity index (χ0v) is 21.0. The van der Waals surface area contributed by atoms with E-state index in [1.807, 2.05) is 30.3 Å². The Morgan fingerprint density at radius 3 is 2.37 bits per heavy atom. The second kappa shape index (κ2) is 10.3. The number of anilines is 1. The van der Waals surface area contributed by atoms with Gasteiger partial charge in [-0.3, -0.25) is 13.9 Å². The standard InChI is InChI=1S/C25H22Cl2N2O5S/c1-34-25(31)14-28-24(30)13-23-19-8-3-2-6-17(19)18-7-4-5-9-22(18)29(23)35(32,33)15-16-10-11-20(26)21(27)12-16/h2-12,23H,13-15H2,1H3,(H,28,30). The van der Waals surface area contributed by atoms with Gasteiger partial charge in [0.15, 0.2) is 0 Å². The number of rotatable bonds is 7. The summed E-state index contributed by atoms with van der Waals surface area (Å²) in [6, 6.07) is 18.4. The van der Waals surface area contributed by atoms with Gasteiger partial charge in [0, 0.05) is 5.56 Å². The van der Waals surface area contributed by atoms with Crippen LogP contribution in [-0.4, -0.2) is 33.9 Å². The minimum atomic E-state index is -3.99. The van der Waals surface area contributed by atoms with Crippen molar-refractivity contribution in [3.05, 3.63) is 87.9 Å². The Morgan fingerprint density at radius 1 is 0.971 bits per heavy atom. The third-order valence-corrected chi connectivity index (χ3v) is 8.19. The third-order valence-electron chi connectivity index (χ3n) is 5.70. The lowest BCUT2D eigenvalue weighted by Crippen LogP contribution is -2.41. The van der Waals surface area contributed by atoms with Crippen molar-refractivity contribution in [1.82, 2.24) is 5.32 Å². The molecule has 4 rings (SSSR count). The van der Waals surface area contributed by atoms with Crippen LogP contribution in [0, 0.1) is 0 Å². The Kier molecular flexibility index (Phi) is 7.35. The summed E-state index contributed by atoms with van der Waals surface area (Å²) in [4.78, 5) is 24.3. The molecule has 1 heterocycles. The number of fused-ring (bicyclic) bond motifs is 3. The van der Waals surface area contributed by atoms with Crippen molar-refractivity contribution in [2.24, 2.45) is 0 Å². The summed E-state index contributed by atoms with van der Waals surface area (Å²) in [6.45, 7) is -0.309. The lowest BCUT2D eigenvalue weighted by atomic mass is 9.88. The molecular weight excluding hydrogens is 511 g/mol. The number of ether oxygens (including phenoxy) is 1. The number of sulfonamides is 1. The predicted molar refractivity (Wildman–Crippen MR) is 136 cm³/mol. The van der Waals surface area contributed by atoms with Crippen LogP contribution in [0.5, 0.6) is 0 Å². The highest BCUT2D eigenvalue weighted by Crippen LogP contribution is 2.47. The fraction of sp³-hybridized carbons (Fsp3) is 0.200. The molecule has 0 bridgehead atoms. The quantitative estimate of drug-likeness (QED) is 0.444. The molecule has 10 heteroatoms. The second-order valence-corrected chi connectivity index (χ2v) is 10.6. The van der Waals surface area contributed by atoms with Crippen molar-refractivity contribution >= 4 is 50.8 Å². The van der Waals surface area contributed by atoms with Gasteiger partial charge in [-0.05, 0) is 34.9 Å². The number of amides is 1. The van der Waals surface area contributed by atoms with Gasteiger partial charge in [0.1, 0.15) is 6.54 Å². The number of carbonyl (C=O) groups excluding carboxylic acids is 2. The average molecular weight is 533 g/mol. The van der Waals surface area contributed by atoms with E-state index in [1.54, 1.807) is 30.3 Å². The Balaban J connectivity index is 1.77. The van der Waals surface area contributed by atoms with Gasteiger partial charge in [0.2, 0.25) is 15.9 Å². The lowest BCUT2D eigenvalue weighted by molar-refractivity contribution is -0.141. The first-order valence-corrected chi connectivity index (χ1v) is 13.1. The number of methoxy groups -OCH3 is 1. The highest BCUT2D eigenvalue weighted by Gasteiger charge is 2.39. The molecular formula is C25H22Cl2N2O5S. The summed E-state index contributed by atoms with van der Waals surface area (Å²) in [7, 11) is -2.77. The van der Waals surface area contributed by atoms with Crippen molar-refractivity contribution < 1.29 is 22.7 Å². The molecule has 3 aromatic rings.